The highest BCUT2D eigenvalue weighted by Gasteiger charge is 2.34. The van der Waals surface area contributed by atoms with Crippen LogP contribution in [0.25, 0.3) is 0 Å². The molecule has 1 fully saturated rings. The number of rotatable bonds is 14. The summed E-state index contributed by atoms with van der Waals surface area (Å²) in [5, 5.41) is 11.7. The number of unbranched alkanes of at least 4 members (excludes halogenated alkanes) is 2. The van der Waals surface area contributed by atoms with Crippen molar-refractivity contribution in [2.24, 2.45) is 11.7 Å². The first-order chi connectivity index (χ1) is 14.6. The van der Waals surface area contributed by atoms with E-state index in [9.17, 15) is 27.9 Å². The Balaban J connectivity index is 2.75. The molecule has 1 rings (SSSR count). The topological polar surface area (TPSA) is 159 Å². The Kier molecular flexibility index (Phi) is 12.2. The second kappa shape index (κ2) is 13.8. The molecule has 10 nitrogen and oxygen atoms in total. The van der Waals surface area contributed by atoms with E-state index in [4.69, 9.17) is 5.73 Å². The molecule has 0 aromatic carbocycles. The van der Waals surface area contributed by atoms with Crippen LogP contribution in [0.4, 0.5) is 0 Å². The third-order valence-electron chi connectivity index (χ3n) is 5.76. The van der Waals surface area contributed by atoms with Crippen LogP contribution in [0, 0.1) is 5.92 Å². The molecule has 1 aliphatic rings. The molecule has 0 saturated carbocycles. The van der Waals surface area contributed by atoms with Gasteiger partial charge in [0.05, 0.1) is 18.2 Å². The zero-order valence-corrected chi connectivity index (χ0v) is 19.5. The van der Waals surface area contributed by atoms with Gasteiger partial charge in [-0.1, -0.05) is 26.2 Å². The molecule has 0 aliphatic carbocycles. The van der Waals surface area contributed by atoms with E-state index in [1.807, 2.05) is 0 Å². The van der Waals surface area contributed by atoms with Gasteiger partial charge in [-0.05, 0) is 51.6 Å². The van der Waals surface area contributed by atoms with Gasteiger partial charge in [0.2, 0.25) is 21.8 Å². The fourth-order valence-electron chi connectivity index (χ4n) is 3.64. The number of nitrogens with zero attached hydrogens (tertiary/aromatic N) is 1. The standard InChI is InChI=1S/C20H38N4O6S/c1-3-15(2)31(29,30)23-17(13-20(27)28)24(19(26)14-21)18(25)8-6-4-5-7-16-9-11-22-12-10-16/h15-17,22-23H,3-14,21H2,1-2H3,(H,27,28)/t15-,17+/m0/s1. The second-order valence-electron chi connectivity index (χ2n) is 8.15. The molecule has 2 amide bonds. The molecule has 0 aromatic heterocycles. The fourth-order valence-corrected chi connectivity index (χ4v) is 4.88. The number of amides is 2. The molecular weight excluding hydrogens is 424 g/mol. The van der Waals surface area contributed by atoms with Crippen LogP contribution in [0.5, 0.6) is 0 Å². The molecule has 180 valence electrons. The van der Waals surface area contributed by atoms with E-state index in [0.717, 1.165) is 45.2 Å². The monoisotopic (exact) mass is 462 g/mol. The maximum absolute atomic E-state index is 12.8. The van der Waals surface area contributed by atoms with E-state index >= 15 is 0 Å². The zero-order chi connectivity index (χ0) is 23.4. The lowest BCUT2D eigenvalue weighted by Gasteiger charge is -2.30. The summed E-state index contributed by atoms with van der Waals surface area (Å²) in [6.45, 7) is 4.70. The van der Waals surface area contributed by atoms with Gasteiger partial charge < -0.3 is 16.2 Å². The molecule has 0 spiro atoms. The van der Waals surface area contributed by atoms with Crippen LogP contribution < -0.4 is 15.8 Å². The number of carboxylic acids is 1. The van der Waals surface area contributed by atoms with E-state index < -0.39 is 52.2 Å². The Morgan fingerprint density at radius 3 is 2.35 bits per heavy atom. The summed E-state index contributed by atoms with van der Waals surface area (Å²) in [6.07, 6.45) is 3.82. The van der Waals surface area contributed by atoms with Crippen LogP contribution in [0.2, 0.25) is 0 Å². The first-order valence-corrected chi connectivity index (χ1v) is 12.7. The molecule has 2 atom stereocenters. The van der Waals surface area contributed by atoms with Crippen LogP contribution in [0.1, 0.15) is 71.6 Å². The SMILES string of the molecule is CC[C@H](C)S(=O)(=O)N[C@@H](CC(=O)O)N(C(=O)CN)C(=O)CCCCCC1CCNCC1. The van der Waals surface area contributed by atoms with Crippen molar-refractivity contribution in [3.63, 3.8) is 0 Å². The van der Waals surface area contributed by atoms with Crippen LogP contribution in [0.3, 0.4) is 0 Å². The van der Waals surface area contributed by atoms with E-state index in [-0.39, 0.29) is 6.42 Å². The molecule has 1 saturated heterocycles. The number of aliphatic carboxylic acids is 1. The third kappa shape index (κ3) is 9.63. The lowest BCUT2D eigenvalue weighted by atomic mass is 9.92. The number of carbonyl (C=O) groups is 3. The number of nitrogens with one attached hydrogen (secondary N) is 2. The minimum absolute atomic E-state index is 0.0269. The number of hydrogen-bond acceptors (Lipinski definition) is 7. The van der Waals surface area contributed by atoms with Crippen molar-refractivity contribution in [3.05, 3.63) is 0 Å². The van der Waals surface area contributed by atoms with Gasteiger partial charge in [-0.25, -0.2) is 8.42 Å². The summed E-state index contributed by atoms with van der Waals surface area (Å²) < 4.78 is 27.1. The maximum Gasteiger partial charge on any atom is 0.306 e. The van der Waals surface area contributed by atoms with Crippen molar-refractivity contribution in [2.75, 3.05) is 19.6 Å². The quantitative estimate of drug-likeness (QED) is 0.218. The normalized spacial score (nSPS) is 17.1. The first-order valence-electron chi connectivity index (χ1n) is 11.1. The summed E-state index contributed by atoms with van der Waals surface area (Å²) >= 11 is 0. The lowest BCUT2D eigenvalue weighted by molar-refractivity contribution is -0.149. The molecule has 31 heavy (non-hydrogen) atoms. The highest BCUT2D eigenvalue weighted by Crippen LogP contribution is 2.20. The van der Waals surface area contributed by atoms with Crippen LogP contribution >= 0.6 is 0 Å². The molecule has 0 radical (unpaired) electrons. The van der Waals surface area contributed by atoms with Gasteiger partial charge in [0, 0.05) is 6.42 Å². The molecule has 1 aliphatic heterocycles. The summed E-state index contributed by atoms with van der Waals surface area (Å²) in [4.78, 5) is 37.1. The number of piperidine rings is 1. The predicted molar refractivity (Wildman–Crippen MR) is 117 cm³/mol. The zero-order valence-electron chi connectivity index (χ0n) is 18.6. The molecule has 0 bridgehead atoms. The van der Waals surface area contributed by atoms with Crippen molar-refractivity contribution in [1.29, 1.82) is 0 Å². The molecule has 1 heterocycles. The number of sulfonamides is 1. The average molecular weight is 463 g/mol. The minimum atomic E-state index is -3.92. The van der Waals surface area contributed by atoms with Crippen molar-refractivity contribution < 1.29 is 27.9 Å². The van der Waals surface area contributed by atoms with Crippen LogP contribution in [-0.2, 0) is 24.4 Å². The molecule has 11 heteroatoms. The van der Waals surface area contributed by atoms with Gasteiger partial charge in [0.1, 0.15) is 6.17 Å². The van der Waals surface area contributed by atoms with Gasteiger partial charge in [0.15, 0.2) is 0 Å². The van der Waals surface area contributed by atoms with Gasteiger partial charge in [0.25, 0.3) is 0 Å². The molecule has 0 unspecified atom stereocenters. The summed E-state index contributed by atoms with van der Waals surface area (Å²) in [6, 6.07) is 0. The van der Waals surface area contributed by atoms with Crippen molar-refractivity contribution >= 4 is 27.8 Å². The highest BCUT2D eigenvalue weighted by molar-refractivity contribution is 7.90. The van der Waals surface area contributed by atoms with E-state index in [1.54, 1.807) is 6.92 Å². The Bertz CT molecular complexity index is 694. The Morgan fingerprint density at radius 2 is 1.81 bits per heavy atom. The predicted octanol–water partition coefficient (Wildman–Crippen LogP) is 0.769. The van der Waals surface area contributed by atoms with Gasteiger partial charge >= 0.3 is 5.97 Å². The first kappa shape index (κ1) is 27.5. The summed E-state index contributed by atoms with van der Waals surface area (Å²) in [5.41, 5.74) is 5.41. The Labute approximate surface area is 185 Å². The average Bonchev–Trinajstić information content (AvgIpc) is 2.72. The highest BCUT2D eigenvalue weighted by atomic mass is 32.2. The number of carbonyl (C=O) groups excluding carboxylic acids is 2. The van der Waals surface area contributed by atoms with Gasteiger partial charge in [-0.15, -0.1) is 0 Å². The number of hydrogen-bond donors (Lipinski definition) is 4. The number of carboxylic acid groups (broad SMARTS) is 1. The number of imide groups is 1. The fraction of sp³-hybridized carbons (Fsp3) is 0.850. The Hall–Kier alpha value is -1.56. The van der Waals surface area contributed by atoms with Gasteiger partial charge in [-0.2, -0.15) is 4.72 Å². The summed E-state index contributed by atoms with van der Waals surface area (Å²) in [5.74, 6) is -2.06. The smallest absolute Gasteiger partial charge is 0.306 e. The van der Waals surface area contributed by atoms with E-state index in [1.165, 1.54) is 6.92 Å². The van der Waals surface area contributed by atoms with Crippen LogP contribution in [0.15, 0.2) is 0 Å². The maximum atomic E-state index is 12.8. The van der Waals surface area contributed by atoms with Gasteiger partial charge in [-0.3, -0.25) is 19.3 Å². The summed E-state index contributed by atoms with van der Waals surface area (Å²) in [7, 11) is -3.92. The lowest BCUT2D eigenvalue weighted by Crippen LogP contribution is -2.56. The van der Waals surface area contributed by atoms with Crippen LogP contribution in [-0.4, -0.2) is 67.3 Å². The minimum Gasteiger partial charge on any atom is -0.481 e. The van der Waals surface area contributed by atoms with Crippen molar-refractivity contribution in [3.8, 4) is 0 Å². The molecular formula is C20H38N4O6S. The molecule has 0 aromatic rings. The molecule has 5 N–H and O–H groups in total. The number of nitrogens with two attached hydrogens (primary N) is 1. The Morgan fingerprint density at radius 1 is 1.16 bits per heavy atom. The largest absolute Gasteiger partial charge is 0.481 e. The van der Waals surface area contributed by atoms with E-state index in [0.29, 0.717) is 23.7 Å². The second-order valence-corrected chi connectivity index (χ2v) is 10.3. The van der Waals surface area contributed by atoms with Crippen molar-refractivity contribution in [2.45, 2.75) is 83.1 Å². The van der Waals surface area contributed by atoms with Crippen molar-refractivity contribution in [1.82, 2.24) is 14.9 Å². The third-order valence-corrected chi connectivity index (χ3v) is 7.75. The van der Waals surface area contributed by atoms with E-state index in [2.05, 4.69) is 10.0 Å².